The van der Waals surface area contributed by atoms with Gasteiger partial charge in [-0.2, -0.15) is 0 Å². The van der Waals surface area contributed by atoms with E-state index in [1.807, 2.05) is 0 Å². The normalized spacial score (nSPS) is 10.1. The zero-order valence-electron chi connectivity index (χ0n) is 11.4. The number of aryl methyl sites for hydroxylation is 1. The van der Waals surface area contributed by atoms with Crippen LogP contribution in [-0.4, -0.2) is 15.8 Å². The lowest BCUT2D eigenvalue weighted by Crippen LogP contribution is -2.24. The van der Waals surface area contributed by atoms with Gasteiger partial charge in [0.05, 0.1) is 10.5 Å². The Morgan fingerprint density at radius 2 is 2.05 bits per heavy atom. The number of nitrogens with two attached hydrogens (primary N) is 1. The summed E-state index contributed by atoms with van der Waals surface area (Å²) in [6, 6.07) is 7.59. The van der Waals surface area contributed by atoms with Gasteiger partial charge in [-0.3, -0.25) is 19.9 Å². The molecule has 3 N–H and O–H groups in total. The Balaban J connectivity index is 2.02. The van der Waals surface area contributed by atoms with Crippen LogP contribution in [-0.2, 0) is 6.54 Å². The highest BCUT2D eigenvalue weighted by atomic mass is 16.6. The topological polar surface area (TPSA) is 111 Å². The molecule has 7 nitrogen and oxygen atoms in total. The highest BCUT2D eigenvalue weighted by Crippen LogP contribution is 2.13. The number of carbonyl (C=O) groups is 1. The summed E-state index contributed by atoms with van der Waals surface area (Å²) in [6.45, 7) is 2.04. The van der Waals surface area contributed by atoms with Gasteiger partial charge in [0.2, 0.25) is 0 Å². The summed E-state index contributed by atoms with van der Waals surface area (Å²) in [5.74, 6) is -0.335. The number of amides is 1. The largest absolute Gasteiger partial charge is 0.398 e. The molecule has 0 saturated heterocycles. The second-order valence-corrected chi connectivity index (χ2v) is 4.52. The van der Waals surface area contributed by atoms with Crippen molar-refractivity contribution in [2.75, 3.05) is 5.73 Å². The van der Waals surface area contributed by atoms with E-state index in [1.165, 1.54) is 18.3 Å². The molecule has 0 radical (unpaired) electrons. The van der Waals surface area contributed by atoms with E-state index in [0.717, 1.165) is 11.3 Å². The van der Waals surface area contributed by atoms with E-state index in [9.17, 15) is 14.9 Å². The molecule has 1 aromatic heterocycles. The SMILES string of the molecule is Cc1cc(N)c(C(=O)NCc2ccc([N+](=O)[O-])cc2)cn1. The van der Waals surface area contributed by atoms with E-state index < -0.39 is 4.92 Å². The van der Waals surface area contributed by atoms with Crippen molar-refractivity contribution in [1.82, 2.24) is 10.3 Å². The number of nitro benzene ring substituents is 1. The number of carbonyl (C=O) groups excluding carboxylic acids is 1. The minimum Gasteiger partial charge on any atom is -0.398 e. The van der Waals surface area contributed by atoms with Crippen LogP contribution in [0.2, 0.25) is 0 Å². The van der Waals surface area contributed by atoms with Crippen LogP contribution in [0.4, 0.5) is 11.4 Å². The third kappa shape index (κ3) is 3.53. The number of nitrogens with one attached hydrogen (secondary N) is 1. The van der Waals surface area contributed by atoms with Crippen molar-refractivity contribution in [3.8, 4) is 0 Å². The van der Waals surface area contributed by atoms with Crippen LogP contribution >= 0.6 is 0 Å². The number of nitrogens with zero attached hydrogens (tertiary/aromatic N) is 2. The Kier molecular flexibility index (Phi) is 4.13. The lowest BCUT2D eigenvalue weighted by Gasteiger charge is -2.07. The molecule has 0 bridgehead atoms. The predicted molar refractivity (Wildman–Crippen MR) is 77.7 cm³/mol. The van der Waals surface area contributed by atoms with E-state index in [2.05, 4.69) is 10.3 Å². The van der Waals surface area contributed by atoms with Crippen molar-refractivity contribution in [1.29, 1.82) is 0 Å². The van der Waals surface area contributed by atoms with Crippen LogP contribution in [0, 0.1) is 17.0 Å². The highest BCUT2D eigenvalue weighted by Gasteiger charge is 2.10. The maximum atomic E-state index is 12.0. The van der Waals surface area contributed by atoms with E-state index >= 15 is 0 Å². The van der Waals surface area contributed by atoms with Gasteiger partial charge in [0.15, 0.2) is 0 Å². The smallest absolute Gasteiger partial charge is 0.269 e. The van der Waals surface area contributed by atoms with Gasteiger partial charge in [0.25, 0.3) is 11.6 Å². The van der Waals surface area contributed by atoms with Gasteiger partial charge in [-0.25, -0.2) is 0 Å². The molecule has 0 fully saturated rings. The van der Waals surface area contributed by atoms with Crippen LogP contribution in [0.25, 0.3) is 0 Å². The fourth-order valence-corrected chi connectivity index (χ4v) is 1.78. The van der Waals surface area contributed by atoms with Crippen LogP contribution < -0.4 is 11.1 Å². The number of nitro groups is 1. The average molecular weight is 286 g/mol. The molecule has 21 heavy (non-hydrogen) atoms. The molecule has 0 aliphatic heterocycles. The maximum absolute atomic E-state index is 12.0. The third-order valence-electron chi connectivity index (χ3n) is 2.92. The summed E-state index contributed by atoms with van der Waals surface area (Å²) in [7, 11) is 0. The van der Waals surface area contributed by atoms with Crippen molar-refractivity contribution >= 4 is 17.3 Å². The first-order valence-electron chi connectivity index (χ1n) is 6.21. The molecule has 0 atom stereocenters. The monoisotopic (exact) mass is 286 g/mol. The van der Waals surface area contributed by atoms with Crippen molar-refractivity contribution in [3.63, 3.8) is 0 Å². The standard InChI is InChI=1S/C14H14N4O3/c1-9-6-13(15)12(8-16-9)14(19)17-7-10-2-4-11(5-3-10)18(20)21/h2-6,8H,7H2,1H3,(H2,15,16)(H,17,19). The Morgan fingerprint density at radius 1 is 1.38 bits per heavy atom. The summed E-state index contributed by atoms with van der Waals surface area (Å²) in [4.78, 5) is 26.1. The van der Waals surface area contributed by atoms with E-state index in [-0.39, 0.29) is 18.1 Å². The molecule has 0 unspecified atom stereocenters. The van der Waals surface area contributed by atoms with Gasteiger partial charge in [-0.05, 0) is 18.6 Å². The van der Waals surface area contributed by atoms with Gasteiger partial charge < -0.3 is 11.1 Å². The number of hydrogen-bond donors (Lipinski definition) is 2. The molecule has 7 heteroatoms. The second kappa shape index (κ2) is 6.00. The lowest BCUT2D eigenvalue weighted by molar-refractivity contribution is -0.384. The molecule has 2 rings (SSSR count). The molecule has 1 heterocycles. The minimum absolute atomic E-state index is 0.0112. The van der Waals surface area contributed by atoms with Gasteiger partial charge in [-0.1, -0.05) is 12.1 Å². The molecule has 0 aliphatic carbocycles. The van der Waals surface area contributed by atoms with Crippen molar-refractivity contribution in [2.24, 2.45) is 0 Å². The van der Waals surface area contributed by atoms with E-state index in [4.69, 9.17) is 5.73 Å². The van der Waals surface area contributed by atoms with E-state index in [1.54, 1.807) is 25.1 Å². The number of anilines is 1. The molecule has 1 amide bonds. The molecule has 0 saturated carbocycles. The first-order valence-corrected chi connectivity index (χ1v) is 6.21. The number of benzene rings is 1. The van der Waals surface area contributed by atoms with Crippen molar-refractivity contribution < 1.29 is 9.72 Å². The summed E-state index contributed by atoms with van der Waals surface area (Å²) in [5, 5.41) is 13.2. The van der Waals surface area contributed by atoms with Gasteiger partial charge in [-0.15, -0.1) is 0 Å². The molecule has 0 spiro atoms. The van der Waals surface area contributed by atoms with Gasteiger partial charge in [0, 0.05) is 36.3 Å². The Morgan fingerprint density at radius 3 is 2.62 bits per heavy atom. The highest BCUT2D eigenvalue weighted by molar-refractivity contribution is 5.98. The fourth-order valence-electron chi connectivity index (χ4n) is 1.78. The average Bonchev–Trinajstić information content (AvgIpc) is 2.45. The van der Waals surface area contributed by atoms with Crippen LogP contribution in [0.3, 0.4) is 0 Å². The maximum Gasteiger partial charge on any atom is 0.269 e. The van der Waals surface area contributed by atoms with Crippen LogP contribution in [0.5, 0.6) is 0 Å². The molecular weight excluding hydrogens is 272 g/mol. The summed E-state index contributed by atoms with van der Waals surface area (Å²) in [6.07, 6.45) is 1.43. The number of nitrogen functional groups attached to an aromatic ring is 1. The molecule has 0 aliphatic rings. The Hall–Kier alpha value is -2.96. The van der Waals surface area contributed by atoms with Crippen LogP contribution in [0.15, 0.2) is 36.5 Å². The van der Waals surface area contributed by atoms with E-state index in [0.29, 0.717) is 11.3 Å². The number of non-ortho nitro benzene ring substituents is 1. The summed E-state index contributed by atoms with van der Waals surface area (Å²) in [5.41, 5.74) is 7.94. The van der Waals surface area contributed by atoms with Gasteiger partial charge in [0.1, 0.15) is 0 Å². The number of hydrogen-bond acceptors (Lipinski definition) is 5. The second-order valence-electron chi connectivity index (χ2n) is 4.52. The zero-order chi connectivity index (χ0) is 15.4. The Bertz CT molecular complexity index is 683. The zero-order valence-corrected chi connectivity index (χ0v) is 11.4. The number of rotatable bonds is 4. The summed E-state index contributed by atoms with van der Waals surface area (Å²) >= 11 is 0. The molecule has 2 aromatic rings. The molecular formula is C14H14N4O3. The van der Waals surface area contributed by atoms with Crippen molar-refractivity contribution in [2.45, 2.75) is 13.5 Å². The van der Waals surface area contributed by atoms with Crippen molar-refractivity contribution in [3.05, 3.63) is 63.5 Å². The Labute approximate surface area is 121 Å². The van der Waals surface area contributed by atoms with Gasteiger partial charge >= 0.3 is 0 Å². The first kappa shape index (κ1) is 14.4. The minimum atomic E-state index is -0.471. The van der Waals surface area contributed by atoms with Crippen LogP contribution in [0.1, 0.15) is 21.6 Å². The third-order valence-corrected chi connectivity index (χ3v) is 2.92. The summed E-state index contributed by atoms with van der Waals surface area (Å²) < 4.78 is 0. The number of pyridine rings is 1. The molecule has 108 valence electrons. The number of aromatic nitrogens is 1. The lowest BCUT2D eigenvalue weighted by atomic mass is 10.2. The quantitative estimate of drug-likeness (QED) is 0.657. The first-order chi connectivity index (χ1) is 9.97. The molecule has 1 aromatic carbocycles. The predicted octanol–water partition coefficient (Wildman–Crippen LogP) is 1.81. The fraction of sp³-hybridized carbons (Fsp3) is 0.143.